The summed E-state index contributed by atoms with van der Waals surface area (Å²) >= 11 is 1.14. The molecule has 0 bridgehead atoms. The predicted molar refractivity (Wildman–Crippen MR) is 128 cm³/mol. The summed E-state index contributed by atoms with van der Waals surface area (Å²) < 4.78 is 22.7. The summed E-state index contributed by atoms with van der Waals surface area (Å²) in [6.07, 6.45) is 1.69. The molecule has 2 aliphatic heterocycles. The van der Waals surface area contributed by atoms with Crippen LogP contribution in [0.5, 0.6) is 11.5 Å². The standard InChI is InChI=1S/C24H23N3O7S/c1-31-23(30)14-4-6-17-18(9-14)26-24(27(22(17)29)11-16-3-2-8-32-16)35-12-21(28)25-15-5-7-19-20(10-15)34-13-33-19/h4-7,9-10,16H,2-3,8,11-13H2,1H3,(H,25,28). The average Bonchev–Trinajstić information content (AvgIpc) is 3.55. The van der Waals surface area contributed by atoms with Crippen LogP contribution in [0.15, 0.2) is 46.3 Å². The van der Waals surface area contributed by atoms with E-state index in [0.717, 1.165) is 24.6 Å². The first-order valence-electron chi connectivity index (χ1n) is 11.1. The zero-order chi connectivity index (χ0) is 24.4. The van der Waals surface area contributed by atoms with Crippen molar-refractivity contribution in [3.8, 4) is 11.5 Å². The number of thioether (sulfide) groups is 1. The quantitative estimate of drug-likeness (QED) is 0.299. The molecule has 10 nitrogen and oxygen atoms in total. The molecular formula is C24H23N3O7S. The molecule has 182 valence electrons. The molecule has 0 spiro atoms. The van der Waals surface area contributed by atoms with Crippen LogP contribution >= 0.6 is 11.8 Å². The Balaban J connectivity index is 1.40. The number of esters is 1. The minimum atomic E-state index is -0.519. The Hall–Kier alpha value is -3.57. The predicted octanol–water partition coefficient (Wildman–Crippen LogP) is 2.82. The largest absolute Gasteiger partial charge is 0.465 e. The Bertz CT molecular complexity index is 1350. The number of amides is 1. The third-order valence-electron chi connectivity index (χ3n) is 5.74. The molecule has 2 aliphatic rings. The van der Waals surface area contributed by atoms with Gasteiger partial charge in [-0.2, -0.15) is 0 Å². The second-order valence-corrected chi connectivity index (χ2v) is 9.02. The first kappa shape index (κ1) is 23.2. The lowest BCUT2D eigenvalue weighted by Crippen LogP contribution is -2.29. The molecule has 3 aromatic rings. The number of nitrogens with zero attached hydrogens (tertiary/aromatic N) is 2. The lowest BCUT2D eigenvalue weighted by Gasteiger charge is -2.16. The average molecular weight is 498 g/mol. The molecule has 2 aromatic carbocycles. The number of hydrogen-bond donors (Lipinski definition) is 1. The number of anilines is 1. The Kier molecular flexibility index (Phi) is 6.60. The minimum absolute atomic E-state index is 0.0224. The maximum Gasteiger partial charge on any atom is 0.337 e. The maximum absolute atomic E-state index is 13.3. The Morgan fingerprint density at radius 2 is 2.06 bits per heavy atom. The van der Waals surface area contributed by atoms with Gasteiger partial charge in [-0.15, -0.1) is 0 Å². The van der Waals surface area contributed by atoms with E-state index in [4.69, 9.17) is 18.9 Å². The van der Waals surface area contributed by atoms with Crippen molar-refractivity contribution in [3.05, 3.63) is 52.3 Å². The normalized spacial score (nSPS) is 16.4. The second kappa shape index (κ2) is 9.96. The fraction of sp³-hybridized carbons (Fsp3) is 0.333. The van der Waals surface area contributed by atoms with Crippen molar-refractivity contribution in [1.82, 2.24) is 9.55 Å². The molecule has 1 fully saturated rings. The van der Waals surface area contributed by atoms with Crippen molar-refractivity contribution in [2.24, 2.45) is 0 Å². The van der Waals surface area contributed by atoms with Crippen LogP contribution in [0.4, 0.5) is 5.69 Å². The van der Waals surface area contributed by atoms with Gasteiger partial charge in [0.05, 0.1) is 42.0 Å². The number of methoxy groups -OCH3 is 1. The molecule has 1 N–H and O–H groups in total. The van der Waals surface area contributed by atoms with E-state index in [9.17, 15) is 14.4 Å². The summed E-state index contributed by atoms with van der Waals surface area (Å²) in [5, 5.41) is 3.58. The van der Waals surface area contributed by atoms with Gasteiger partial charge in [0.1, 0.15) is 0 Å². The van der Waals surface area contributed by atoms with Gasteiger partial charge in [0.2, 0.25) is 12.7 Å². The van der Waals surface area contributed by atoms with Gasteiger partial charge in [0.15, 0.2) is 16.7 Å². The summed E-state index contributed by atoms with van der Waals surface area (Å²) in [4.78, 5) is 42.6. The highest BCUT2D eigenvalue weighted by Gasteiger charge is 2.22. The van der Waals surface area contributed by atoms with Gasteiger partial charge in [-0.25, -0.2) is 9.78 Å². The minimum Gasteiger partial charge on any atom is -0.465 e. The molecule has 11 heteroatoms. The number of aromatic nitrogens is 2. The van der Waals surface area contributed by atoms with Gasteiger partial charge in [0.25, 0.3) is 5.56 Å². The molecule has 1 amide bonds. The SMILES string of the molecule is COC(=O)c1ccc2c(=O)n(CC3CCCO3)c(SCC(=O)Nc3ccc4c(c3)OCO4)nc2c1. The first-order valence-corrected chi connectivity index (χ1v) is 12.1. The summed E-state index contributed by atoms with van der Waals surface area (Å²) in [5.41, 5.74) is 0.979. The molecule has 1 aromatic heterocycles. The van der Waals surface area contributed by atoms with Gasteiger partial charge >= 0.3 is 5.97 Å². The number of nitrogens with one attached hydrogen (secondary N) is 1. The van der Waals surface area contributed by atoms with E-state index in [2.05, 4.69) is 10.3 Å². The van der Waals surface area contributed by atoms with E-state index in [1.54, 1.807) is 34.9 Å². The van der Waals surface area contributed by atoms with Gasteiger partial charge < -0.3 is 24.3 Å². The van der Waals surface area contributed by atoms with Gasteiger partial charge in [-0.05, 0) is 43.2 Å². The molecule has 0 saturated carbocycles. The van der Waals surface area contributed by atoms with Crippen LogP contribution in [-0.4, -0.2) is 53.8 Å². The fourth-order valence-electron chi connectivity index (χ4n) is 4.01. The Morgan fingerprint density at radius 1 is 1.20 bits per heavy atom. The lowest BCUT2D eigenvalue weighted by molar-refractivity contribution is -0.113. The molecule has 5 rings (SSSR count). The van der Waals surface area contributed by atoms with Crippen molar-refractivity contribution in [2.75, 3.05) is 31.6 Å². The van der Waals surface area contributed by atoms with Crippen molar-refractivity contribution in [1.29, 1.82) is 0 Å². The van der Waals surface area contributed by atoms with Crippen LogP contribution in [0, 0.1) is 0 Å². The van der Waals surface area contributed by atoms with Crippen LogP contribution in [0.2, 0.25) is 0 Å². The molecule has 1 unspecified atom stereocenters. The Morgan fingerprint density at radius 3 is 2.86 bits per heavy atom. The van der Waals surface area contributed by atoms with Crippen molar-refractivity contribution in [2.45, 2.75) is 30.6 Å². The summed E-state index contributed by atoms with van der Waals surface area (Å²) in [6, 6.07) is 9.79. The first-order chi connectivity index (χ1) is 17.0. The van der Waals surface area contributed by atoms with Crippen LogP contribution < -0.4 is 20.3 Å². The monoisotopic (exact) mass is 497 g/mol. The van der Waals surface area contributed by atoms with E-state index in [0.29, 0.717) is 52.0 Å². The van der Waals surface area contributed by atoms with Crippen LogP contribution in [0.1, 0.15) is 23.2 Å². The number of ether oxygens (including phenoxy) is 4. The highest BCUT2D eigenvalue weighted by Crippen LogP contribution is 2.34. The van der Waals surface area contributed by atoms with Crippen molar-refractivity contribution < 1.29 is 28.5 Å². The topological polar surface area (TPSA) is 118 Å². The number of carbonyl (C=O) groups is 2. The molecule has 35 heavy (non-hydrogen) atoms. The highest BCUT2D eigenvalue weighted by molar-refractivity contribution is 7.99. The highest BCUT2D eigenvalue weighted by atomic mass is 32.2. The number of fused-ring (bicyclic) bond motifs is 2. The number of carbonyl (C=O) groups excluding carboxylic acids is 2. The molecule has 0 radical (unpaired) electrons. The van der Waals surface area contributed by atoms with Gasteiger partial charge in [-0.1, -0.05) is 11.8 Å². The van der Waals surface area contributed by atoms with Crippen molar-refractivity contribution in [3.63, 3.8) is 0 Å². The van der Waals surface area contributed by atoms with Crippen LogP contribution in [0.25, 0.3) is 10.9 Å². The smallest absolute Gasteiger partial charge is 0.337 e. The second-order valence-electron chi connectivity index (χ2n) is 8.07. The maximum atomic E-state index is 13.3. The summed E-state index contributed by atoms with van der Waals surface area (Å²) in [5.74, 6) is 0.430. The number of rotatable bonds is 7. The third kappa shape index (κ3) is 4.96. The molecule has 0 aliphatic carbocycles. The van der Waals surface area contributed by atoms with Crippen LogP contribution in [-0.2, 0) is 20.8 Å². The fourth-order valence-corrected chi connectivity index (χ4v) is 4.82. The van der Waals surface area contributed by atoms with E-state index < -0.39 is 5.97 Å². The molecule has 1 saturated heterocycles. The molecule has 3 heterocycles. The van der Waals surface area contributed by atoms with Gasteiger partial charge in [0, 0.05) is 18.4 Å². The summed E-state index contributed by atoms with van der Waals surface area (Å²) in [6.45, 7) is 1.14. The zero-order valence-electron chi connectivity index (χ0n) is 18.9. The van der Waals surface area contributed by atoms with Crippen molar-refractivity contribution >= 4 is 40.2 Å². The van der Waals surface area contributed by atoms with E-state index >= 15 is 0 Å². The van der Waals surface area contributed by atoms with E-state index in [-0.39, 0.29) is 30.1 Å². The lowest BCUT2D eigenvalue weighted by atomic mass is 10.1. The zero-order valence-corrected chi connectivity index (χ0v) is 19.8. The number of hydrogen-bond acceptors (Lipinski definition) is 9. The third-order valence-corrected chi connectivity index (χ3v) is 6.72. The Labute approximate surface area is 204 Å². The van der Waals surface area contributed by atoms with E-state index in [1.165, 1.54) is 13.2 Å². The molecule has 1 atom stereocenters. The number of benzene rings is 2. The van der Waals surface area contributed by atoms with E-state index in [1.807, 2.05) is 0 Å². The van der Waals surface area contributed by atoms with Crippen LogP contribution in [0.3, 0.4) is 0 Å². The summed E-state index contributed by atoms with van der Waals surface area (Å²) in [7, 11) is 1.29. The molecular weight excluding hydrogens is 474 g/mol. The van der Waals surface area contributed by atoms with Gasteiger partial charge in [-0.3, -0.25) is 14.2 Å².